The molecule has 2 N–H and O–H groups in total. The smallest absolute Gasteiger partial charge is 0.268 e. The summed E-state index contributed by atoms with van der Waals surface area (Å²) in [4.78, 5) is 39.0. The van der Waals surface area contributed by atoms with Crippen molar-refractivity contribution >= 4 is 39.4 Å². The number of likely N-dealkylation sites (tertiary alicyclic amines) is 1. The van der Waals surface area contributed by atoms with Gasteiger partial charge in [0.2, 0.25) is 11.7 Å². The second-order valence-corrected chi connectivity index (χ2v) is 7.42. The first kappa shape index (κ1) is 20.1. The lowest BCUT2D eigenvalue weighted by Crippen LogP contribution is -2.49. The van der Waals surface area contributed by atoms with Gasteiger partial charge in [0.15, 0.2) is 0 Å². The summed E-state index contributed by atoms with van der Waals surface area (Å²) in [6.45, 7) is 4.31. The molecule has 1 heterocycles. The third kappa shape index (κ3) is 4.11. The summed E-state index contributed by atoms with van der Waals surface area (Å²) in [5.41, 5.74) is -0.799. The maximum atomic E-state index is 12.7. The van der Waals surface area contributed by atoms with E-state index in [2.05, 4.69) is 21.2 Å². The van der Waals surface area contributed by atoms with Crippen LogP contribution in [-0.2, 0) is 20.9 Å². The normalized spacial score (nSPS) is 19.7. The van der Waals surface area contributed by atoms with E-state index in [-0.39, 0.29) is 24.4 Å². The molecular formula is C19H22BrN3O3. The molecule has 7 heteroatoms. The molecule has 2 amide bonds. The lowest BCUT2D eigenvalue weighted by molar-refractivity contribution is -0.136. The predicted molar refractivity (Wildman–Crippen MR) is 102 cm³/mol. The van der Waals surface area contributed by atoms with E-state index < -0.39 is 17.2 Å². The van der Waals surface area contributed by atoms with Gasteiger partial charge in [-0.15, -0.1) is 0 Å². The Bertz CT molecular complexity index is 786. The lowest BCUT2D eigenvalue weighted by atomic mass is 9.91. The number of rotatable bonds is 7. The standard InChI is InChI=1S/C19H22BrN3O3/c1-3-4-8-22-16(24)10-19(2)17(25)15(11-21)18(26)23(19)12-13-6-5-7-14(20)9-13/h5-7,9,21H,3-4,8,10,12H2,1-2H3,(H,22,24). The largest absolute Gasteiger partial charge is 0.356 e. The van der Waals surface area contributed by atoms with Crippen molar-refractivity contribution < 1.29 is 14.4 Å². The van der Waals surface area contributed by atoms with Crippen LogP contribution in [0.4, 0.5) is 0 Å². The minimum atomic E-state index is -1.32. The first-order valence-corrected chi connectivity index (χ1v) is 9.30. The van der Waals surface area contributed by atoms with Gasteiger partial charge in [-0.25, -0.2) is 0 Å². The van der Waals surface area contributed by atoms with Gasteiger partial charge in [0, 0.05) is 17.6 Å². The van der Waals surface area contributed by atoms with E-state index in [1.807, 2.05) is 37.1 Å². The zero-order chi connectivity index (χ0) is 19.3. The van der Waals surface area contributed by atoms with Crippen LogP contribution in [0.25, 0.3) is 0 Å². The monoisotopic (exact) mass is 419 g/mol. The molecule has 0 saturated carbocycles. The van der Waals surface area contributed by atoms with Crippen molar-refractivity contribution in [1.82, 2.24) is 10.2 Å². The van der Waals surface area contributed by atoms with Gasteiger partial charge >= 0.3 is 0 Å². The number of amides is 2. The quantitative estimate of drug-likeness (QED) is 0.308. The molecule has 1 unspecified atom stereocenters. The van der Waals surface area contributed by atoms with Gasteiger partial charge in [-0.2, -0.15) is 0 Å². The maximum absolute atomic E-state index is 12.7. The van der Waals surface area contributed by atoms with Crippen molar-refractivity contribution in [1.29, 1.82) is 5.41 Å². The second kappa shape index (κ2) is 8.43. The zero-order valence-electron chi connectivity index (χ0n) is 14.9. The Labute approximate surface area is 161 Å². The number of carbonyl (C=O) groups is 3. The molecule has 1 aliphatic rings. The van der Waals surface area contributed by atoms with Crippen LogP contribution in [0, 0.1) is 5.41 Å². The molecular weight excluding hydrogens is 398 g/mol. The van der Waals surface area contributed by atoms with Gasteiger partial charge in [0.05, 0.1) is 6.42 Å². The summed E-state index contributed by atoms with van der Waals surface area (Å²) >= 11 is 3.39. The van der Waals surface area contributed by atoms with Crippen molar-refractivity contribution in [3.05, 3.63) is 39.9 Å². The molecule has 0 bridgehead atoms. The summed E-state index contributed by atoms with van der Waals surface area (Å²) in [6.07, 6.45) is 1.66. The second-order valence-electron chi connectivity index (χ2n) is 6.50. The SMILES string of the molecule is CCCCNC(=O)CC1(C)C(=O)C(=C=N)C(=O)N1Cc1cccc(Br)c1. The molecule has 1 atom stereocenters. The van der Waals surface area contributed by atoms with Gasteiger partial charge in [-0.1, -0.05) is 41.4 Å². The van der Waals surface area contributed by atoms with Crippen LogP contribution in [0.5, 0.6) is 0 Å². The van der Waals surface area contributed by atoms with Gasteiger partial charge < -0.3 is 10.2 Å². The lowest BCUT2D eigenvalue weighted by Gasteiger charge is -2.32. The van der Waals surface area contributed by atoms with Crippen LogP contribution in [0.1, 0.15) is 38.7 Å². The van der Waals surface area contributed by atoms with Gasteiger partial charge in [-0.3, -0.25) is 19.8 Å². The van der Waals surface area contributed by atoms with Crippen molar-refractivity contribution in [2.45, 2.75) is 45.2 Å². The molecule has 2 rings (SSSR count). The maximum Gasteiger partial charge on any atom is 0.268 e. The minimum Gasteiger partial charge on any atom is -0.356 e. The topological polar surface area (TPSA) is 90.3 Å². The summed E-state index contributed by atoms with van der Waals surface area (Å²) in [5.74, 6) is 0.581. The number of halogens is 1. The molecule has 1 aromatic rings. The number of Topliss-reactive ketones (excluding diaryl/α,β-unsaturated/α-hetero) is 1. The van der Waals surface area contributed by atoms with Crippen LogP contribution >= 0.6 is 15.9 Å². The highest BCUT2D eigenvalue weighted by Crippen LogP contribution is 2.34. The van der Waals surface area contributed by atoms with Crippen molar-refractivity contribution in [3.63, 3.8) is 0 Å². The molecule has 26 heavy (non-hydrogen) atoms. The first-order chi connectivity index (χ1) is 12.3. The number of hydrogen-bond donors (Lipinski definition) is 2. The molecule has 1 aliphatic heterocycles. The average molecular weight is 420 g/mol. The molecule has 1 fully saturated rings. The van der Waals surface area contributed by atoms with Gasteiger partial charge in [0.25, 0.3) is 5.91 Å². The van der Waals surface area contributed by atoms with E-state index in [1.54, 1.807) is 6.92 Å². The van der Waals surface area contributed by atoms with Crippen molar-refractivity contribution in [2.24, 2.45) is 0 Å². The number of nitrogens with zero attached hydrogens (tertiary/aromatic N) is 1. The van der Waals surface area contributed by atoms with Crippen LogP contribution in [0.3, 0.4) is 0 Å². The van der Waals surface area contributed by atoms with Gasteiger partial charge in [0.1, 0.15) is 11.1 Å². The number of carbonyl (C=O) groups excluding carboxylic acids is 3. The van der Waals surface area contributed by atoms with Crippen LogP contribution in [0.15, 0.2) is 34.3 Å². The third-order valence-corrected chi connectivity index (χ3v) is 4.98. The summed E-state index contributed by atoms with van der Waals surface area (Å²) in [5, 5.41) is 10.1. The highest BCUT2D eigenvalue weighted by Gasteiger charge is 2.53. The Morgan fingerprint density at radius 2 is 2.12 bits per heavy atom. The fourth-order valence-corrected chi connectivity index (χ4v) is 3.42. The van der Waals surface area contributed by atoms with E-state index in [0.717, 1.165) is 22.9 Å². The molecule has 138 valence electrons. The average Bonchev–Trinajstić information content (AvgIpc) is 2.76. The Kier molecular flexibility index (Phi) is 6.51. The molecule has 6 nitrogen and oxygen atoms in total. The molecule has 1 aromatic carbocycles. The fourth-order valence-electron chi connectivity index (χ4n) is 2.98. The molecule has 0 spiro atoms. The summed E-state index contributed by atoms with van der Waals surface area (Å²) < 4.78 is 0.856. The Morgan fingerprint density at radius 3 is 2.73 bits per heavy atom. The van der Waals surface area contributed by atoms with Crippen LogP contribution in [-0.4, -0.2) is 40.5 Å². The molecule has 1 saturated heterocycles. The van der Waals surface area contributed by atoms with Gasteiger partial charge in [-0.05, 0) is 36.9 Å². The van der Waals surface area contributed by atoms with E-state index in [0.29, 0.717) is 6.54 Å². The summed E-state index contributed by atoms with van der Waals surface area (Å²) in [7, 11) is 0. The number of ketones is 1. The van der Waals surface area contributed by atoms with E-state index in [4.69, 9.17) is 5.41 Å². The van der Waals surface area contributed by atoms with E-state index in [9.17, 15) is 14.4 Å². The Balaban J connectivity index is 2.29. The highest BCUT2D eigenvalue weighted by molar-refractivity contribution is 9.10. The number of hydrogen-bond acceptors (Lipinski definition) is 4. The fraction of sp³-hybridized carbons (Fsp3) is 0.421. The third-order valence-electron chi connectivity index (χ3n) is 4.48. The first-order valence-electron chi connectivity index (χ1n) is 8.51. The predicted octanol–water partition coefficient (Wildman–Crippen LogP) is 2.60. The summed E-state index contributed by atoms with van der Waals surface area (Å²) in [6, 6.07) is 7.40. The number of benzene rings is 1. The minimum absolute atomic E-state index is 0.138. The van der Waals surface area contributed by atoms with Crippen LogP contribution < -0.4 is 5.32 Å². The molecule has 0 aliphatic carbocycles. The molecule has 0 radical (unpaired) electrons. The molecule has 0 aromatic heterocycles. The van der Waals surface area contributed by atoms with Crippen molar-refractivity contribution in [3.8, 4) is 0 Å². The number of unbranched alkanes of at least 4 members (excludes halogenated alkanes) is 1. The Morgan fingerprint density at radius 1 is 1.38 bits per heavy atom. The van der Waals surface area contributed by atoms with E-state index in [1.165, 1.54) is 4.90 Å². The highest BCUT2D eigenvalue weighted by atomic mass is 79.9. The zero-order valence-corrected chi connectivity index (χ0v) is 16.5. The Hall–Kier alpha value is -2.24. The van der Waals surface area contributed by atoms with Crippen LogP contribution in [0.2, 0.25) is 0 Å². The number of nitrogens with one attached hydrogen (secondary N) is 2. The van der Waals surface area contributed by atoms with E-state index >= 15 is 0 Å². The van der Waals surface area contributed by atoms with Crippen molar-refractivity contribution in [2.75, 3.05) is 6.54 Å².